The number of halogens is 18. The summed E-state index contributed by atoms with van der Waals surface area (Å²) in [7, 11) is -5.18. The Morgan fingerprint density at radius 3 is 0.818 bits per heavy atom. The van der Waals surface area contributed by atoms with E-state index in [1.165, 1.54) is 20.8 Å². The van der Waals surface area contributed by atoms with Crippen molar-refractivity contribution in [2.24, 2.45) is 0 Å². The van der Waals surface area contributed by atoms with Gasteiger partial charge >= 0.3 is 8.17 Å². The Labute approximate surface area is 344 Å². The maximum atomic E-state index is 12.2. The van der Waals surface area contributed by atoms with Gasteiger partial charge in [0.05, 0.1) is 60.9 Å². The molecule has 23 heteroatoms. The molecule has 0 spiro atoms. The van der Waals surface area contributed by atoms with E-state index in [1.54, 1.807) is 0 Å². The van der Waals surface area contributed by atoms with Crippen molar-refractivity contribution in [3.63, 3.8) is 0 Å². The van der Waals surface area contributed by atoms with E-state index in [1.807, 2.05) is 0 Å². The zero-order valence-corrected chi connectivity index (χ0v) is 35.9. The molecule has 0 aromatic heterocycles. The third kappa shape index (κ3) is 6.93. The molecule has 0 saturated heterocycles. The molecule has 0 aliphatic heterocycles. The Bertz CT molecular complexity index is 1130. The van der Waals surface area contributed by atoms with Crippen LogP contribution in [0.5, 0.6) is 0 Å². The second-order valence-electron chi connectivity index (χ2n) is 10.2. The second-order valence-corrected chi connectivity index (χ2v) is 22.0. The van der Waals surface area contributed by atoms with Gasteiger partial charge in [-0.3, -0.25) is 0 Å². The summed E-state index contributed by atoms with van der Waals surface area (Å²) in [6.07, 6.45) is -5.57. The first-order chi connectivity index (χ1) is 19.5. The summed E-state index contributed by atoms with van der Waals surface area (Å²) < 4.78 is 10.9. The average molecular weight is 1000 g/mol. The fraction of sp³-hybridized carbons (Fsp3) is 0.714. The molecule has 0 heterocycles. The smallest absolute Gasteiger partial charge is 0.168 e. The van der Waals surface area contributed by atoms with E-state index >= 15 is 0 Å². The van der Waals surface area contributed by atoms with Gasteiger partial charge in [0.2, 0.25) is 0 Å². The first kappa shape index (κ1) is 43.1. The first-order valence-corrected chi connectivity index (χ1v) is 19.9. The molecule has 44 heavy (non-hydrogen) atoms. The van der Waals surface area contributed by atoms with Crippen molar-refractivity contribution in [2.45, 2.75) is 82.8 Å². The van der Waals surface area contributed by atoms with Crippen molar-refractivity contribution in [3.05, 3.63) is 30.2 Å². The summed E-state index contributed by atoms with van der Waals surface area (Å²) >= 11 is 118. The van der Waals surface area contributed by atoms with Gasteiger partial charge < -0.3 is 0 Å². The fourth-order valence-electron chi connectivity index (χ4n) is 4.02. The Morgan fingerprint density at radius 2 is 0.636 bits per heavy atom. The van der Waals surface area contributed by atoms with Gasteiger partial charge in [0.15, 0.2) is 31.3 Å². The molecule has 9 unspecified atom stereocenters. The Hall–Kier alpha value is 4.71. The quantitative estimate of drug-likeness (QED) is 0.213. The summed E-state index contributed by atoms with van der Waals surface area (Å²) in [6, 6.07) is 0. The number of rotatable bonds is 6. The molecule has 254 valence electrons. The lowest BCUT2D eigenvalue weighted by Gasteiger charge is -2.48. The Kier molecular flexibility index (Phi) is 13.9. The van der Waals surface area contributed by atoms with Crippen molar-refractivity contribution in [2.75, 3.05) is 0 Å². The summed E-state index contributed by atoms with van der Waals surface area (Å²) in [6.45, 7) is 4.00. The van der Waals surface area contributed by atoms with E-state index in [0.717, 1.165) is 0 Å². The highest BCUT2D eigenvalue weighted by atomic mass is 35.5. The minimum Gasteiger partial charge on any atom is -0.168 e. The van der Waals surface area contributed by atoms with Crippen LogP contribution in [0.4, 0.5) is 0 Å². The SMILES string of the molecule is CC1(Cl)C(Cl)C(Cl)=C(Cl)C(O[P+](O)(OC2C(Cl)=C(Cl)C(Cl)C(C)(Cl)C2(Cl)Cl)OC2C(Cl)=C(Cl)C(Cl)C(C)(Cl)C2(Cl)Cl)C1(Cl)Cl. The largest absolute Gasteiger partial charge is 0.574 e. The van der Waals surface area contributed by atoms with Gasteiger partial charge in [-0.2, -0.15) is 4.89 Å². The van der Waals surface area contributed by atoms with Crippen LogP contribution in [0, 0.1) is 0 Å². The van der Waals surface area contributed by atoms with Gasteiger partial charge in [-0.1, -0.05) is 139 Å². The molecule has 4 nitrogen and oxygen atoms in total. The van der Waals surface area contributed by atoms with Gasteiger partial charge in [0.25, 0.3) is 0 Å². The van der Waals surface area contributed by atoms with Crippen molar-refractivity contribution in [3.8, 4) is 0 Å². The lowest BCUT2D eigenvalue weighted by Crippen LogP contribution is -2.60. The molecule has 1 N–H and O–H groups in total. The van der Waals surface area contributed by atoms with Gasteiger partial charge in [-0.15, -0.1) is 83.2 Å². The average Bonchev–Trinajstić information content (AvgIpc) is 2.91. The van der Waals surface area contributed by atoms with E-state index in [9.17, 15) is 4.89 Å². The molecular formula is C21H16Cl18O4P+. The number of alkyl halides is 12. The number of hydrogen-bond acceptors (Lipinski definition) is 4. The van der Waals surface area contributed by atoms with E-state index in [2.05, 4.69) is 0 Å². The van der Waals surface area contributed by atoms with E-state index < -0.39 is 85.3 Å². The molecule has 3 aliphatic rings. The molecule has 0 aromatic rings. The molecule has 3 aliphatic carbocycles. The van der Waals surface area contributed by atoms with Crippen molar-refractivity contribution >= 4 is 217 Å². The van der Waals surface area contributed by atoms with Crippen molar-refractivity contribution in [1.82, 2.24) is 0 Å². The van der Waals surface area contributed by atoms with Gasteiger partial charge in [-0.05, 0) is 20.8 Å². The minimum absolute atomic E-state index is 0.249. The van der Waals surface area contributed by atoms with E-state index in [-0.39, 0.29) is 15.1 Å². The minimum atomic E-state index is -5.18. The lowest BCUT2D eigenvalue weighted by molar-refractivity contribution is 0.0116. The summed E-state index contributed by atoms with van der Waals surface area (Å²) in [5.74, 6) is 0. The third-order valence-corrected chi connectivity index (χ3v) is 19.6. The molecular weight excluding hydrogens is 985 g/mol. The monoisotopic (exact) mass is 993 g/mol. The standard InChI is InChI=1S/C21H16Cl18O4P/c1-16(31)10(28)4(22)7(25)13(19(16,34)35)41-44(40,42-14-8(26)5(23)11(29)17(2,32)20(14,36)37)43-15-9(27)6(24)12(30)18(3,33)21(15,38)39/h10-15,40H,1-3H3/q+1. The van der Waals surface area contributed by atoms with Crippen LogP contribution >= 0.6 is 217 Å². The van der Waals surface area contributed by atoms with Crippen LogP contribution in [-0.2, 0) is 13.6 Å². The second kappa shape index (κ2) is 14.2. The maximum Gasteiger partial charge on any atom is 0.574 e. The summed E-state index contributed by atoms with van der Waals surface area (Å²) in [5, 5.41) is -5.70. The molecule has 0 radical (unpaired) electrons. The highest BCUT2D eigenvalue weighted by Gasteiger charge is 2.72. The molecule has 9 atom stereocenters. The zero-order chi connectivity index (χ0) is 34.5. The van der Waals surface area contributed by atoms with Gasteiger partial charge in [0, 0.05) is 0 Å². The van der Waals surface area contributed by atoms with Crippen molar-refractivity contribution in [1.29, 1.82) is 0 Å². The summed E-state index contributed by atoms with van der Waals surface area (Å²) in [4.78, 5) is 6.78. The molecule has 3 rings (SSSR count). The maximum absolute atomic E-state index is 12.2. The van der Waals surface area contributed by atoms with Crippen LogP contribution < -0.4 is 0 Å². The zero-order valence-electron chi connectivity index (χ0n) is 21.4. The summed E-state index contributed by atoms with van der Waals surface area (Å²) in [5.41, 5.74) is 0. The highest BCUT2D eigenvalue weighted by Crippen LogP contribution is 2.71. The molecule has 0 bridgehead atoms. The Balaban J connectivity index is 2.28. The topological polar surface area (TPSA) is 47.9 Å². The first-order valence-electron chi connectivity index (χ1n) is 11.4. The van der Waals surface area contributed by atoms with E-state index in [4.69, 9.17) is 222 Å². The lowest BCUT2D eigenvalue weighted by atomic mass is 9.91. The van der Waals surface area contributed by atoms with Crippen LogP contribution in [0.2, 0.25) is 0 Å². The van der Waals surface area contributed by atoms with Crippen LogP contribution in [0.25, 0.3) is 0 Å². The van der Waals surface area contributed by atoms with Crippen LogP contribution in [0.3, 0.4) is 0 Å². The van der Waals surface area contributed by atoms with Crippen molar-refractivity contribution < 1.29 is 18.5 Å². The van der Waals surface area contributed by atoms with E-state index in [0.29, 0.717) is 0 Å². The predicted octanol–water partition coefficient (Wildman–Crippen LogP) is 13.3. The fourth-order valence-corrected chi connectivity index (χ4v) is 12.3. The molecule has 0 aromatic carbocycles. The Morgan fingerprint density at radius 1 is 0.455 bits per heavy atom. The van der Waals surface area contributed by atoms with Crippen LogP contribution in [0.1, 0.15) is 20.8 Å². The third-order valence-electron chi connectivity index (χ3n) is 7.13. The molecule has 0 amide bonds. The number of allylic oxidation sites excluding steroid dienone is 3. The molecule has 0 saturated carbocycles. The van der Waals surface area contributed by atoms with Gasteiger partial charge in [0.1, 0.15) is 0 Å². The molecule has 0 fully saturated rings. The number of hydrogen-bond donors (Lipinski definition) is 1. The normalized spacial score (nSPS) is 43.8. The predicted molar refractivity (Wildman–Crippen MR) is 195 cm³/mol. The highest BCUT2D eigenvalue weighted by molar-refractivity contribution is 7.55. The van der Waals surface area contributed by atoms with Crippen LogP contribution in [0.15, 0.2) is 30.2 Å². The van der Waals surface area contributed by atoms with Gasteiger partial charge in [-0.25, -0.2) is 0 Å². The van der Waals surface area contributed by atoms with Crippen LogP contribution in [-0.4, -0.2) is 67.0 Å².